The summed E-state index contributed by atoms with van der Waals surface area (Å²) in [6, 6.07) is 0. The highest BCUT2D eigenvalue weighted by Gasteiger charge is 2.34. The van der Waals surface area contributed by atoms with Crippen molar-refractivity contribution in [3.05, 3.63) is 0 Å². The van der Waals surface area contributed by atoms with E-state index in [2.05, 4.69) is 6.92 Å². The normalized spacial score (nSPS) is 22.5. The average molecular weight is 200 g/mol. The van der Waals surface area contributed by atoms with E-state index >= 15 is 0 Å². The molecular formula is C12H24O2. The van der Waals surface area contributed by atoms with Crippen LogP contribution in [-0.2, 0) is 9.47 Å². The summed E-state index contributed by atoms with van der Waals surface area (Å²) >= 11 is 0. The van der Waals surface area contributed by atoms with Crippen molar-refractivity contribution in [3.63, 3.8) is 0 Å². The van der Waals surface area contributed by atoms with Gasteiger partial charge in [-0.2, -0.15) is 0 Å². The molecule has 0 heterocycles. The molecule has 0 unspecified atom stereocenters. The van der Waals surface area contributed by atoms with Crippen molar-refractivity contribution in [2.24, 2.45) is 5.92 Å². The molecule has 0 bridgehead atoms. The predicted molar refractivity (Wildman–Crippen MR) is 58.2 cm³/mol. The zero-order valence-corrected chi connectivity index (χ0v) is 9.84. The maximum absolute atomic E-state index is 5.46. The second-order valence-corrected chi connectivity index (χ2v) is 4.40. The van der Waals surface area contributed by atoms with Gasteiger partial charge < -0.3 is 9.47 Å². The molecule has 2 nitrogen and oxygen atoms in total. The van der Waals surface area contributed by atoms with Gasteiger partial charge in [0, 0.05) is 27.1 Å². The second-order valence-electron chi connectivity index (χ2n) is 4.40. The third-order valence-electron chi connectivity index (χ3n) is 3.58. The lowest BCUT2D eigenvalue weighted by atomic mass is 9.82. The number of ether oxygens (including phenoxy) is 2. The number of unbranched alkanes of at least 4 members (excludes halogenated alkanes) is 1. The molecule has 0 N–H and O–H groups in total. The molecule has 0 aromatic carbocycles. The van der Waals surface area contributed by atoms with Crippen molar-refractivity contribution >= 4 is 0 Å². The highest BCUT2D eigenvalue weighted by atomic mass is 16.7. The van der Waals surface area contributed by atoms with E-state index in [1.165, 1.54) is 32.1 Å². The van der Waals surface area contributed by atoms with Crippen molar-refractivity contribution in [3.8, 4) is 0 Å². The Morgan fingerprint density at radius 1 is 1.14 bits per heavy atom. The number of hydrogen-bond acceptors (Lipinski definition) is 2. The quantitative estimate of drug-likeness (QED) is 0.634. The lowest BCUT2D eigenvalue weighted by molar-refractivity contribution is -0.227. The first kappa shape index (κ1) is 12.0. The minimum atomic E-state index is -0.261. The Morgan fingerprint density at radius 3 is 2.14 bits per heavy atom. The van der Waals surface area contributed by atoms with Crippen LogP contribution in [0.3, 0.4) is 0 Å². The molecule has 2 heteroatoms. The Morgan fingerprint density at radius 2 is 1.71 bits per heavy atom. The van der Waals surface area contributed by atoms with Gasteiger partial charge in [-0.15, -0.1) is 0 Å². The molecule has 14 heavy (non-hydrogen) atoms. The molecule has 84 valence electrons. The van der Waals surface area contributed by atoms with Gasteiger partial charge in [-0.25, -0.2) is 0 Å². The van der Waals surface area contributed by atoms with E-state index < -0.39 is 0 Å². The van der Waals surface area contributed by atoms with Gasteiger partial charge in [0.1, 0.15) is 0 Å². The van der Waals surface area contributed by atoms with E-state index in [1.54, 1.807) is 14.2 Å². The van der Waals surface area contributed by atoms with Gasteiger partial charge in [-0.1, -0.05) is 26.2 Å². The standard InChI is InChI=1S/C12H24O2/c1-4-5-6-11-7-9-12(13-2,14-3)10-8-11/h11H,4-10H2,1-3H3. The van der Waals surface area contributed by atoms with Crippen molar-refractivity contribution in [1.82, 2.24) is 0 Å². The molecule has 0 spiro atoms. The molecule has 0 saturated heterocycles. The van der Waals surface area contributed by atoms with Crippen molar-refractivity contribution in [2.75, 3.05) is 14.2 Å². The van der Waals surface area contributed by atoms with Crippen LogP contribution in [0.1, 0.15) is 51.9 Å². The summed E-state index contributed by atoms with van der Waals surface area (Å²) in [5, 5.41) is 0. The van der Waals surface area contributed by atoms with E-state index in [-0.39, 0.29) is 5.79 Å². The third kappa shape index (κ3) is 2.96. The van der Waals surface area contributed by atoms with Crippen LogP contribution in [-0.4, -0.2) is 20.0 Å². The van der Waals surface area contributed by atoms with Gasteiger partial charge in [0.2, 0.25) is 0 Å². The monoisotopic (exact) mass is 200 g/mol. The Hall–Kier alpha value is -0.0800. The van der Waals surface area contributed by atoms with Crippen LogP contribution in [0.25, 0.3) is 0 Å². The number of methoxy groups -OCH3 is 2. The van der Waals surface area contributed by atoms with Gasteiger partial charge in [-0.05, 0) is 18.8 Å². The summed E-state index contributed by atoms with van der Waals surface area (Å²) in [4.78, 5) is 0. The van der Waals surface area contributed by atoms with Crippen LogP contribution in [0.2, 0.25) is 0 Å². The molecule has 0 aliphatic heterocycles. The zero-order valence-electron chi connectivity index (χ0n) is 9.84. The molecular weight excluding hydrogens is 176 g/mol. The van der Waals surface area contributed by atoms with Gasteiger partial charge in [0.05, 0.1) is 0 Å². The van der Waals surface area contributed by atoms with Gasteiger partial charge in [-0.3, -0.25) is 0 Å². The van der Waals surface area contributed by atoms with Crippen LogP contribution in [0.5, 0.6) is 0 Å². The maximum atomic E-state index is 5.46. The van der Waals surface area contributed by atoms with E-state index in [4.69, 9.17) is 9.47 Å². The van der Waals surface area contributed by atoms with E-state index in [0.717, 1.165) is 18.8 Å². The fourth-order valence-corrected chi connectivity index (χ4v) is 2.39. The largest absolute Gasteiger partial charge is 0.353 e. The Bertz CT molecular complexity index is 142. The molecule has 0 atom stereocenters. The Kier molecular flexibility index (Phi) is 4.90. The maximum Gasteiger partial charge on any atom is 0.167 e. The van der Waals surface area contributed by atoms with E-state index in [1.807, 2.05) is 0 Å². The Balaban J connectivity index is 2.29. The minimum absolute atomic E-state index is 0.261. The third-order valence-corrected chi connectivity index (χ3v) is 3.58. The summed E-state index contributed by atoms with van der Waals surface area (Å²) in [6.45, 7) is 2.26. The highest BCUT2D eigenvalue weighted by molar-refractivity contribution is 4.79. The molecule has 0 amide bonds. The van der Waals surface area contributed by atoms with Crippen LogP contribution in [0.4, 0.5) is 0 Å². The minimum Gasteiger partial charge on any atom is -0.353 e. The zero-order chi connectivity index (χ0) is 10.4. The number of rotatable bonds is 5. The lowest BCUT2D eigenvalue weighted by Gasteiger charge is -2.37. The number of hydrogen-bond donors (Lipinski definition) is 0. The first-order valence-electron chi connectivity index (χ1n) is 5.86. The first-order valence-corrected chi connectivity index (χ1v) is 5.86. The van der Waals surface area contributed by atoms with Crippen molar-refractivity contribution in [1.29, 1.82) is 0 Å². The molecule has 0 aromatic rings. The Labute approximate surface area is 88.0 Å². The fraction of sp³-hybridized carbons (Fsp3) is 1.00. The summed E-state index contributed by atoms with van der Waals surface area (Å²) < 4.78 is 10.9. The second kappa shape index (κ2) is 5.72. The van der Waals surface area contributed by atoms with Crippen LogP contribution < -0.4 is 0 Å². The molecule has 1 rings (SSSR count). The molecule has 1 aliphatic carbocycles. The first-order chi connectivity index (χ1) is 6.76. The van der Waals surface area contributed by atoms with E-state index in [0.29, 0.717) is 0 Å². The summed E-state index contributed by atoms with van der Waals surface area (Å²) in [5.41, 5.74) is 0. The summed E-state index contributed by atoms with van der Waals surface area (Å²) in [6.07, 6.45) is 8.74. The average Bonchev–Trinajstić information content (AvgIpc) is 2.27. The molecule has 1 saturated carbocycles. The van der Waals surface area contributed by atoms with Crippen molar-refractivity contribution < 1.29 is 9.47 Å². The predicted octanol–water partition coefficient (Wildman–Crippen LogP) is 3.36. The topological polar surface area (TPSA) is 18.5 Å². The van der Waals surface area contributed by atoms with Gasteiger partial charge in [0.25, 0.3) is 0 Å². The highest BCUT2D eigenvalue weighted by Crippen LogP contribution is 2.36. The van der Waals surface area contributed by atoms with Crippen LogP contribution >= 0.6 is 0 Å². The summed E-state index contributed by atoms with van der Waals surface area (Å²) in [5.74, 6) is 0.649. The fourth-order valence-electron chi connectivity index (χ4n) is 2.39. The molecule has 1 fully saturated rings. The SMILES string of the molecule is CCCCC1CCC(OC)(OC)CC1. The molecule has 1 aliphatic rings. The lowest BCUT2D eigenvalue weighted by Crippen LogP contribution is -2.38. The van der Waals surface area contributed by atoms with Crippen LogP contribution in [0, 0.1) is 5.92 Å². The van der Waals surface area contributed by atoms with Crippen LogP contribution in [0.15, 0.2) is 0 Å². The summed E-state index contributed by atoms with van der Waals surface area (Å²) in [7, 11) is 3.52. The van der Waals surface area contributed by atoms with Gasteiger partial charge >= 0.3 is 0 Å². The molecule has 0 aromatic heterocycles. The van der Waals surface area contributed by atoms with Crippen molar-refractivity contribution in [2.45, 2.75) is 57.7 Å². The van der Waals surface area contributed by atoms with E-state index in [9.17, 15) is 0 Å². The molecule has 0 radical (unpaired) electrons. The van der Waals surface area contributed by atoms with Gasteiger partial charge in [0.15, 0.2) is 5.79 Å². The smallest absolute Gasteiger partial charge is 0.167 e.